The van der Waals surface area contributed by atoms with Crippen molar-refractivity contribution in [1.29, 1.82) is 0 Å². The number of nitrogens with one attached hydrogen (secondary N) is 2. The Morgan fingerprint density at radius 2 is 1.51 bits per heavy atom. The van der Waals surface area contributed by atoms with Crippen LogP contribution in [-0.4, -0.2) is 39.0 Å². The highest BCUT2D eigenvalue weighted by atomic mass is 35.5. The summed E-state index contributed by atoms with van der Waals surface area (Å²) in [7, 11) is 0. The predicted molar refractivity (Wildman–Crippen MR) is 199 cm³/mol. The molecule has 1 aliphatic rings. The fourth-order valence-corrected chi connectivity index (χ4v) is 7.44. The fraction of sp³-hybridized carbons (Fsp3) is 0.200. The number of ether oxygens (including phenoxy) is 2. The molecule has 0 spiro atoms. The Labute approximate surface area is 305 Å². The van der Waals surface area contributed by atoms with Gasteiger partial charge in [-0.15, -0.1) is 0 Å². The molecule has 7 rings (SSSR count). The van der Waals surface area contributed by atoms with Gasteiger partial charge < -0.3 is 14.8 Å². The molecule has 3 heterocycles. The lowest BCUT2D eigenvalue weighted by atomic mass is 9.77. The minimum absolute atomic E-state index is 0.236. The Morgan fingerprint density at radius 3 is 2.10 bits per heavy atom. The first-order valence-corrected chi connectivity index (χ1v) is 17.8. The molecule has 4 aromatic carbocycles. The second-order valence-electron chi connectivity index (χ2n) is 13.2. The molecule has 0 bridgehead atoms. The van der Waals surface area contributed by atoms with Crippen molar-refractivity contribution < 1.29 is 19.1 Å². The van der Waals surface area contributed by atoms with Crippen LogP contribution in [-0.2, 0) is 10.3 Å². The summed E-state index contributed by atoms with van der Waals surface area (Å²) in [6.45, 7) is 5.78. The van der Waals surface area contributed by atoms with Crippen molar-refractivity contribution >= 4 is 46.6 Å². The van der Waals surface area contributed by atoms with Crippen LogP contribution in [0, 0.1) is 0 Å². The van der Waals surface area contributed by atoms with Gasteiger partial charge in [-0.05, 0) is 67.6 Å². The Morgan fingerprint density at radius 1 is 0.902 bits per heavy atom. The molecule has 0 aliphatic carbocycles. The van der Waals surface area contributed by atoms with Gasteiger partial charge in [-0.3, -0.25) is 9.52 Å². The highest BCUT2D eigenvalue weighted by Crippen LogP contribution is 2.43. The fourth-order valence-electron chi connectivity index (χ4n) is 6.48. The number of nitrogens with zero attached hydrogens (tertiary/aromatic N) is 3. The molecule has 11 heteroatoms. The van der Waals surface area contributed by atoms with Gasteiger partial charge in [0.25, 0.3) is 5.91 Å². The zero-order valence-corrected chi connectivity index (χ0v) is 29.9. The van der Waals surface area contributed by atoms with Crippen molar-refractivity contribution in [2.45, 2.75) is 49.3 Å². The third-order valence-electron chi connectivity index (χ3n) is 8.65. The summed E-state index contributed by atoms with van der Waals surface area (Å²) in [6.07, 6.45) is 3.52. The average Bonchev–Trinajstić information content (AvgIpc) is 3.57. The summed E-state index contributed by atoms with van der Waals surface area (Å²) in [5, 5.41) is 8.91. The molecule has 258 valence electrons. The summed E-state index contributed by atoms with van der Waals surface area (Å²) in [5.74, 6) is 0.0803. The maximum atomic E-state index is 13.6. The van der Waals surface area contributed by atoms with E-state index in [-0.39, 0.29) is 16.6 Å². The maximum Gasteiger partial charge on any atom is 0.408 e. The minimum Gasteiger partial charge on any atom is -0.493 e. The standard InChI is InChI=1S/C40H36ClN5O4S/c1-39(2,3)50-38(48)44-33-20-22-49-34-24-29(32(41)23-30(33)34)37(47)45-51-35-19-21-42-36-31(35)25-43-46(36)40(26-13-7-4-8-14-26,27-15-9-5-10-16-27)28-17-11-6-12-18-28/h4-19,21,23-25,33H,20,22H2,1-3H3,(H,44,48)(H,45,47)/t33-/m0/s1. The molecule has 51 heavy (non-hydrogen) atoms. The number of benzene rings is 4. The lowest BCUT2D eigenvalue weighted by Gasteiger charge is -2.36. The van der Waals surface area contributed by atoms with Crippen LogP contribution >= 0.6 is 23.5 Å². The van der Waals surface area contributed by atoms with E-state index in [1.807, 2.05) is 65.3 Å². The topological polar surface area (TPSA) is 107 Å². The molecule has 1 atom stereocenters. The van der Waals surface area contributed by atoms with Gasteiger partial charge >= 0.3 is 6.09 Å². The molecular weight excluding hydrogens is 682 g/mol. The lowest BCUT2D eigenvalue weighted by Crippen LogP contribution is -2.38. The molecule has 9 nitrogen and oxygen atoms in total. The number of carbonyl (C=O) groups is 2. The van der Waals surface area contributed by atoms with Gasteiger partial charge in [0.05, 0.1) is 34.8 Å². The number of hydrogen-bond acceptors (Lipinski definition) is 7. The summed E-state index contributed by atoms with van der Waals surface area (Å²) in [4.78, 5) is 31.7. The SMILES string of the molecule is CC(C)(C)OC(=O)N[C@H]1CCOc2cc(C(=O)NSc3ccnc4c3cnn4C(c3ccccc3)(c3ccccc3)c3ccccc3)c(Cl)cc21. The maximum absolute atomic E-state index is 13.6. The largest absolute Gasteiger partial charge is 0.493 e. The molecule has 1 aliphatic heterocycles. The van der Waals surface area contributed by atoms with E-state index in [9.17, 15) is 9.59 Å². The number of halogens is 1. The van der Waals surface area contributed by atoms with E-state index < -0.39 is 23.1 Å². The first kappa shape index (κ1) is 34.1. The number of aromatic nitrogens is 3. The van der Waals surface area contributed by atoms with Gasteiger partial charge in [0.15, 0.2) is 5.65 Å². The van der Waals surface area contributed by atoms with Gasteiger partial charge in [-0.2, -0.15) is 5.10 Å². The first-order chi connectivity index (χ1) is 24.6. The summed E-state index contributed by atoms with van der Waals surface area (Å²) in [6, 6.07) is 35.6. The van der Waals surface area contributed by atoms with Gasteiger partial charge in [0.2, 0.25) is 0 Å². The molecule has 2 amide bonds. The molecule has 0 saturated heterocycles. The lowest BCUT2D eigenvalue weighted by molar-refractivity contribution is 0.0490. The number of rotatable bonds is 8. The monoisotopic (exact) mass is 717 g/mol. The van der Waals surface area contributed by atoms with Crippen LogP contribution in [0.4, 0.5) is 4.79 Å². The Bertz CT molecular complexity index is 2090. The second-order valence-corrected chi connectivity index (χ2v) is 14.4. The average molecular weight is 718 g/mol. The third-order valence-corrected chi connectivity index (χ3v) is 9.83. The van der Waals surface area contributed by atoms with Gasteiger partial charge in [0.1, 0.15) is 16.9 Å². The highest BCUT2D eigenvalue weighted by Gasteiger charge is 2.41. The van der Waals surface area contributed by atoms with Crippen LogP contribution in [0.5, 0.6) is 5.75 Å². The molecule has 6 aromatic rings. The number of hydrogen-bond donors (Lipinski definition) is 2. The summed E-state index contributed by atoms with van der Waals surface area (Å²) in [5.41, 5.74) is 3.16. The van der Waals surface area contributed by atoms with E-state index >= 15 is 0 Å². The van der Waals surface area contributed by atoms with Crippen molar-refractivity contribution in [3.8, 4) is 5.75 Å². The number of fused-ring (bicyclic) bond motifs is 2. The van der Waals surface area contributed by atoms with Crippen LogP contribution < -0.4 is 14.8 Å². The van der Waals surface area contributed by atoms with Crippen LogP contribution in [0.1, 0.15) is 65.8 Å². The van der Waals surface area contributed by atoms with Gasteiger partial charge in [-0.25, -0.2) is 14.5 Å². The first-order valence-electron chi connectivity index (χ1n) is 16.6. The molecule has 0 radical (unpaired) electrons. The number of alkyl carbamates (subject to hydrolysis) is 1. The Kier molecular flexibility index (Phi) is 9.46. The molecular formula is C40H36ClN5O4S. The zero-order chi connectivity index (χ0) is 35.6. The third kappa shape index (κ3) is 6.77. The predicted octanol–water partition coefficient (Wildman–Crippen LogP) is 8.71. The molecule has 0 fully saturated rings. The molecule has 0 unspecified atom stereocenters. The smallest absolute Gasteiger partial charge is 0.408 e. The minimum atomic E-state index is -0.849. The van der Waals surface area contributed by atoms with Crippen LogP contribution in [0.25, 0.3) is 11.0 Å². The van der Waals surface area contributed by atoms with Crippen molar-refractivity contribution in [3.63, 3.8) is 0 Å². The van der Waals surface area contributed by atoms with E-state index in [4.69, 9.17) is 31.2 Å². The number of pyridine rings is 1. The van der Waals surface area contributed by atoms with Crippen LogP contribution in [0.2, 0.25) is 5.02 Å². The molecule has 2 aromatic heterocycles. The van der Waals surface area contributed by atoms with E-state index in [0.29, 0.717) is 30.0 Å². The van der Waals surface area contributed by atoms with Crippen molar-refractivity contribution in [3.05, 3.63) is 154 Å². The van der Waals surface area contributed by atoms with Crippen molar-refractivity contribution in [2.75, 3.05) is 6.61 Å². The van der Waals surface area contributed by atoms with Crippen molar-refractivity contribution in [2.24, 2.45) is 0 Å². The van der Waals surface area contributed by atoms with E-state index in [1.165, 1.54) is 0 Å². The van der Waals surface area contributed by atoms with E-state index in [2.05, 4.69) is 46.4 Å². The quantitative estimate of drug-likeness (QED) is 0.120. The van der Waals surface area contributed by atoms with Crippen LogP contribution in [0.15, 0.2) is 126 Å². The van der Waals surface area contributed by atoms with Gasteiger partial charge in [-0.1, -0.05) is 103 Å². The Balaban J connectivity index is 1.20. The van der Waals surface area contributed by atoms with Gasteiger partial charge in [0, 0.05) is 23.1 Å². The van der Waals surface area contributed by atoms with Crippen molar-refractivity contribution in [1.82, 2.24) is 24.8 Å². The van der Waals surface area contributed by atoms with Crippen LogP contribution in [0.3, 0.4) is 0 Å². The number of amides is 2. The highest BCUT2D eigenvalue weighted by molar-refractivity contribution is 7.98. The second kappa shape index (κ2) is 14.1. The Hall–Kier alpha value is -5.32. The van der Waals surface area contributed by atoms with E-state index in [0.717, 1.165) is 38.9 Å². The molecule has 0 saturated carbocycles. The normalized spacial score (nSPS) is 14.3. The molecule has 2 N–H and O–H groups in total. The zero-order valence-electron chi connectivity index (χ0n) is 28.3. The van der Waals surface area contributed by atoms with E-state index in [1.54, 1.807) is 45.3 Å². The number of carbonyl (C=O) groups excluding carboxylic acids is 2. The summed E-state index contributed by atoms with van der Waals surface area (Å²) < 4.78 is 16.2. The summed E-state index contributed by atoms with van der Waals surface area (Å²) >= 11 is 7.84.